The SMILES string of the molecule is CCC(C)NC(=O)C(C)N(Cc1ccc(Cl)c(Cl)c1)C(=O)CSCc1ccccc1C. The fourth-order valence-corrected chi connectivity index (χ4v) is 4.29. The number of carbonyl (C=O) groups is 2. The van der Waals surface area contributed by atoms with Gasteiger partial charge in [-0.1, -0.05) is 60.5 Å². The van der Waals surface area contributed by atoms with Crippen molar-refractivity contribution in [2.45, 2.75) is 58.5 Å². The maximum atomic E-state index is 13.1. The first-order valence-corrected chi connectivity index (χ1v) is 12.3. The number of carbonyl (C=O) groups excluding carboxylic acids is 2. The molecule has 2 amide bonds. The van der Waals surface area contributed by atoms with Crippen LogP contribution >= 0.6 is 35.0 Å². The summed E-state index contributed by atoms with van der Waals surface area (Å²) in [6.45, 7) is 8.08. The number of aryl methyl sites for hydroxylation is 1. The van der Waals surface area contributed by atoms with Crippen LogP contribution in [0.1, 0.15) is 43.9 Å². The molecule has 0 saturated heterocycles. The molecule has 168 valence electrons. The number of benzene rings is 2. The quantitative estimate of drug-likeness (QED) is 0.462. The first-order valence-electron chi connectivity index (χ1n) is 10.4. The Labute approximate surface area is 199 Å². The van der Waals surface area contributed by atoms with E-state index in [0.717, 1.165) is 17.7 Å². The van der Waals surface area contributed by atoms with Crippen molar-refractivity contribution >= 4 is 46.8 Å². The molecule has 0 heterocycles. The highest BCUT2D eigenvalue weighted by molar-refractivity contribution is 7.99. The van der Waals surface area contributed by atoms with Gasteiger partial charge in [0.25, 0.3) is 0 Å². The third-order valence-corrected chi connectivity index (χ3v) is 6.95. The summed E-state index contributed by atoms with van der Waals surface area (Å²) in [5, 5.41) is 3.86. The highest BCUT2D eigenvalue weighted by Crippen LogP contribution is 2.24. The molecule has 0 saturated carbocycles. The second kappa shape index (κ2) is 12.4. The molecule has 2 aromatic rings. The molecule has 0 aliphatic rings. The molecule has 0 spiro atoms. The minimum Gasteiger partial charge on any atom is -0.352 e. The Hall–Kier alpha value is -1.69. The first kappa shape index (κ1) is 25.6. The van der Waals surface area contributed by atoms with Crippen LogP contribution < -0.4 is 5.32 Å². The molecule has 7 heteroatoms. The van der Waals surface area contributed by atoms with Crippen LogP contribution in [0.15, 0.2) is 42.5 Å². The number of hydrogen-bond acceptors (Lipinski definition) is 3. The molecular formula is C24H30Cl2N2O2S. The average molecular weight is 481 g/mol. The van der Waals surface area contributed by atoms with Gasteiger partial charge in [-0.2, -0.15) is 0 Å². The van der Waals surface area contributed by atoms with Gasteiger partial charge in [0.05, 0.1) is 15.8 Å². The fraction of sp³-hybridized carbons (Fsp3) is 0.417. The Morgan fingerprint density at radius 2 is 1.81 bits per heavy atom. The maximum absolute atomic E-state index is 13.1. The van der Waals surface area contributed by atoms with Crippen molar-refractivity contribution in [3.8, 4) is 0 Å². The monoisotopic (exact) mass is 480 g/mol. The van der Waals surface area contributed by atoms with Crippen LogP contribution in [0.2, 0.25) is 10.0 Å². The van der Waals surface area contributed by atoms with Gasteiger partial charge in [0.1, 0.15) is 6.04 Å². The maximum Gasteiger partial charge on any atom is 0.242 e. The molecule has 2 atom stereocenters. The zero-order valence-corrected chi connectivity index (χ0v) is 20.8. The average Bonchev–Trinajstić information content (AvgIpc) is 2.75. The van der Waals surface area contributed by atoms with Crippen molar-refractivity contribution in [3.05, 3.63) is 69.2 Å². The van der Waals surface area contributed by atoms with Crippen molar-refractivity contribution in [2.75, 3.05) is 5.75 Å². The molecule has 0 radical (unpaired) electrons. The number of nitrogens with one attached hydrogen (secondary N) is 1. The van der Waals surface area contributed by atoms with E-state index in [0.29, 0.717) is 10.0 Å². The van der Waals surface area contributed by atoms with Crippen LogP contribution in [0.3, 0.4) is 0 Å². The second-order valence-corrected chi connectivity index (χ2v) is 9.48. The molecule has 0 aliphatic heterocycles. The fourth-order valence-electron chi connectivity index (χ4n) is 2.99. The predicted octanol–water partition coefficient (Wildman–Crippen LogP) is 5.87. The normalized spacial score (nSPS) is 12.8. The minimum absolute atomic E-state index is 0.0484. The summed E-state index contributed by atoms with van der Waals surface area (Å²) in [7, 11) is 0. The van der Waals surface area contributed by atoms with Gasteiger partial charge in [-0.15, -0.1) is 11.8 Å². The summed E-state index contributed by atoms with van der Waals surface area (Å²) >= 11 is 13.7. The highest BCUT2D eigenvalue weighted by atomic mass is 35.5. The lowest BCUT2D eigenvalue weighted by molar-refractivity contribution is -0.138. The molecule has 1 N–H and O–H groups in total. The molecule has 31 heavy (non-hydrogen) atoms. The summed E-state index contributed by atoms with van der Waals surface area (Å²) in [4.78, 5) is 27.5. The van der Waals surface area contributed by atoms with Crippen LogP contribution in [-0.2, 0) is 21.9 Å². The van der Waals surface area contributed by atoms with Gasteiger partial charge in [0, 0.05) is 18.3 Å². The van der Waals surface area contributed by atoms with E-state index in [2.05, 4.69) is 24.4 Å². The number of nitrogens with zero attached hydrogens (tertiary/aromatic N) is 1. The van der Waals surface area contributed by atoms with Crippen molar-refractivity contribution in [2.24, 2.45) is 0 Å². The zero-order chi connectivity index (χ0) is 23.0. The molecule has 0 aromatic heterocycles. The van der Waals surface area contributed by atoms with Crippen LogP contribution in [0.4, 0.5) is 0 Å². The van der Waals surface area contributed by atoms with E-state index < -0.39 is 6.04 Å². The summed E-state index contributed by atoms with van der Waals surface area (Å²) < 4.78 is 0. The van der Waals surface area contributed by atoms with Gasteiger partial charge >= 0.3 is 0 Å². The van der Waals surface area contributed by atoms with E-state index in [-0.39, 0.29) is 30.2 Å². The molecule has 0 bridgehead atoms. The molecule has 4 nitrogen and oxygen atoms in total. The topological polar surface area (TPSA) is 49.4 Å². The summed E-state index contributed by atoms with van der Waals surface area (Å²) in [6, 6.07) is 12.9. The van der Waals surface area contributed by atoms with Gasteiger partial charge in [-0.3, -0.25) is 9.59 Å². The van der Waals surface area contributed by atoms with E-state index >= 15 is 0 Å². The standard InChI is InChI=1S/C24H30Cl2N2O2S/c1-5-17(3)27-24(30)18(4)28(13-19-10-11-21(25)22(26)12-19)23(29)15-31-14-20-9-7-6-8-16(20)2/h6-12,17-18H,5,13-15H2,1-4H3,(H,27,30). The molecule has 2 aromatic carbocycles. The highest BCUT2D eigenvalue weighted by Gasteiger charge is 2.26. The van der Waals surface area contributed by atoms with E-state index in [1.165, 1.54) is 11.1 Å². The smallest absolute Gasteiger partial charge is 0.242 e. The Kier molecular flexibility index (Phi) is 10.2. The molecule has 2 unspecified atom stereocenters. The summed E-state index contributed by atoms with van der Waals surface area (Å²) in [6.07, 6.45) is 0.825. The number of halogens is 2. The summed E-state index contributed by atoms with van der Waals surface area (Å²) in [5.41, 5.74) is 3.24. The van der Waals surface area contributed by atoms with E-state index in [4.69, 9.17) is 23.2 Å². The van der Waals surface area contributed by atoms with Crippen molar-refractivity contribution < 1.29 is 9.59 Å². The van der Waals surface area contributed by atoms with Crippen LogP contribution in [-0.4, -0.2) is 34.6 Å². The van der Waals surface area contributed by atoms with E-state index in [9.17, 15) is 9.59 Å². The lowest BCUT2D eigenvalue weighted by Gasteiger charge is -2.29. The molecule has 0 aliphatic carbocycles. The van der Waals surface area contributed by atoms with E-state index in [1.54, 1.807) is 35.7 Å². The Bertz CT molecular complexity index is 907. The molecule has 0 fully saturated rings. The largest absolute Gasteiger partial charge is 0.352 e. The van der Waals surface area contributed by atoms with Crippen molar-refractivity contribution in [1.29, 1.82) is 0 Å². The number of rotatable bonds is 10. The lowest BCUT2D eigenvalue weighted by Crippen LogP contribution is -2.50. The van der Waals surface area contributed by atoms with Gasteiger partial charge in [0.15, 0.2) is 0 Å². The Balaban J connectivity index is 2.12. The lowest BCUT2D eigenvalue weighted by atomic mass is 10.1. The Morgan fingerprint density at radius 3 is 2.45 bits per heavy atom. The predicted molar refractivity (Wildman–Crippen MR) is 132 cm³/mol. The molecule has 2 rings (SSSR count). The third kappa shape index (κ3) is 7.74. The van der Waals surface area contributed by atoms with E-state index in [1.807, 2.05) is 32.0 Å². The van der Waals surface area contributed by atoms with Gasteiger partial charge in [-0.25, -0.2) is 0 Å². The minimum atomic E-state index is -0.602. The van der Waals surface area contributed by atoms with Gasteiger partial charge in [-0.05, 0) is 56.0 Å². The zero-order valence-electron chi connectivity index (χ0n) is 18.5. The van der Waals surface area contributed by atoms with Crippen molar-refractivity contribution in [3.63, 3.8) is 0 Å². The second-order valence-electron chi connectivity index (χ2n) is 7.68. The first-order chi connectivity index (χ1) is 14.7. The van der Waals surface area contributed by atoms with Crippen molar-refractivity contribution in [1.82, 2.24) is 10.2 Å². The van der Waals surface area contributed by atoms with Crippen LogP contribution in [0, 0.1) is 6.92 Å². The number of amides is 2. The van der Waals surface area contributed by atoms with Gasteiger partial charge in [0.2, 0.25) is 11.8 Å². The molecular weight excluding hydrogens is 451 g/mol. The van der Waals surface area contributed by atoms with Crippen LogP contribution in [0.5, 0.6) is 0 Å². The third-order valence-electron chi connectivity index (χ3n) is 5.25. The van der Waals surface area contributed by atoms with Gasteiger partial charge < -0.3 is 10.2 Å². The number of thioether (sulfide) groups is 1. The summed E-state index contributed by atoms with van der Waals surface area (Å²) in [5.74, 6) is 0.784. The Morgan fingerprint density at radius 1 is 1.10 bits per heavy atom. The van der Waals surface area contributed by atoms with Crippen LogP contribution in [0.25, 0.3) is 0 Å². The number of hydrogen-bond donors (Lipinski definition) is 1.